The first kappa shape index (κ1) is 23.7. The van der Waals surface area contributed by atoms with E-state index >= 15 is 0 Å². The minimum absolute atomic E-state index is 0.152. The van der Waals surface area contributed by atoms with E-state index in [0.29, 0.717) is 45.7 Å². The Morgan fingerprint density at radius 3 is 2.69 bits per heavy atom. The van der Waals surface area contributed by atoms with Crippen LogP contribution in [0.5, 0.6) is 11.5 Å². The number of amides is 2. The Labute approximate surface area is 196 Å². The van der Waals surface area contributed by atoms with E-state index in [1.807, 2.05) is 26.0 Å². The molecule has 32 heavy (non-hydrogen) atoms. The van der Waals surface area contributed by atoms with Crippen LogP contribution in [0.25, 0.3) is 6.08 Å². The lowest BCUT2D eigenvalue weighted by Gasteiger charge is -2.15. The molecule has 0 N–H and O–H groups in total. The Kier molecular flexibility index (Phi) is 8.20. The van der Waals surface area contributed by atoms with Gasteiger partial charge in [-0.25, -0.2) is 0 Å². The van der Waals surface area contributed by atoms with E-state index in [9.17, 15) is 14.9 Å². The van der Waals surface area contributed by atoms with Gasteiger partial charge in [-0.15, -0.1) is 0 Å². The van der Waals surface area contributed by atoms with Crippen LogP contribution in [0.4, 0.5) is 4.79 Å². The summed E-state index contributed by atoms with van der Waals surface area (Å²) < 4.78 is 11.6. The van der Waals surface area contributed by atoms with E-state index in [1.165, 1.54) is 4.90 Å². The fourth-order valence-electron chi connectivity index (χ4n) is 3.14. The van der Waals surface area contributed by atoms with E-state index in [-0.39, 0.29) is 17.8 Å². The zero-order chi connectivity index (χ0) is 23.1. The lowest BCUT2D eigenvalue weighted by atomic mass is 10.1. The molecule has 3 rings (SSSR count). The number of carbonyl (C=O) groups excluding carboxylic acids is 2. The molecule has 2 aromatic carbocycles. The Hall–Kier alpha value is -2.95. The van der Waals surface area contributed by atoms with Crippen LogP contribution in [0, 0.1) is 11.3 Å². The number of nitrogens with zero attached hydrogens (tertiary/aromatic N) is 2. The predicted octanol–water partition coefficient (Wildman–Crippen LogP) is 6.03. The van der Waals surface area contributed by atoms with Crippen molar-refractivity contribution in [3.05, 3.63) is 63.0 Å². The van der Waals surface area contributed by atoms with Crippen LogP contribution in [0.2, 0.25) is 5.02 Å². The number of rotatable bonds is 9. The van der Waals surface area contributed by atoms with Crippen molar-refractivity contribution < 1.29 is 19.1 Å². The summed E-state index contributed by atoms with van der Waals surface area (Å²) in [6, 6.07) is 12.7. The van der Waals surface area contributed by atoms with Gasteiger partial charge in [-0.3, -0.25) is 14.5 Å². The molecule has 1 aliphatic heterocycles. The van der Waals surface area contributed by atoms with E-state index in [4.69, 9.17) is 21.1 Å². The molecule has 0 radical (unpaired) electrons. The monoisotopic (exact) mass is 470 g/mol. The SMILES string of the molecule is CCCCN1C(=O)S/C(=C\c2cc(Cl)c(OCc3ccccc3C#N)c(OCC)c2)C1=O. The first-order valence-corrected chi connectivity index (χ1v) is 11.5. The molecule has 8 heteroatoms. The van der Waals surface area contributed by atoms with Crippen molar-refractivity contribution in [1.29, 1.82) is 5.26 Å². The largest absolute Gasteiger partial charge is 0.490 e. The summed E-state index contributed by atoms with van der Waals surface area (Å²) in [7, 11) is 0. The molecule has 1 saturated heterocycles. The van der Waals surface area contributed by atoms with Crippen LogP contribution in [0.3, 0.4) is 0 Å². The second-order valence-corrected chi connectivity index (χ2v) is 8.41. The Morgan fingerprint density at radius 1 is 1.19 bits per heavy atom. The van der Waals surface area contributed by atoms with Gasteiger partial charge in [0.15, 0.2) is 11.5 Å². The third-order valence-corrected chi connectivity index (χ3v) is 5.94. The fourth-order valence-corrected chi connectivity index (χ4v) is 4.28. The lowest BCUT2D eigenvalue weighted by Crippen LogP contribution is -2.29. The number of benzene rings is 2. The molecule has 2 aromatic rings. The predicted molar refractivity (Wildman–Crippen MR) is 126 cm³/mol. The third-order valence-electron chi connectivity index (χ3n) is 4.75. The first-order chi connectivity index (χ1) is 15.5. The van der Waals surface area contributed by atoms with Gasteiger partial charge in [0.1, 0.15) is 6.61 Å². The number of hydrogen-bond donors (Lipinski definition) is 0. The molecule has 0 atom stereocenters. The third kappa shape index (κ3) is 5.45. The highest BCUT2D eigenvalue weighted by Crippen LogP contribution is 2.39. The average molecular weight is 471 g/mol. The zero-order valence-corrected chi connectivity index (χ0v) is 19.5. The van der Waals surface area contributed by atoms with Crippen molar-refractivity contribution in [2.24, 2.45) is 0 Å². The molecule has 1 fully saturated rings. The number of halogens is 1. The van der Waals surface area contributed by atoms with Crippen molar-refractivity contribution in [1.82, 2.24) is 4.90 Å². The highest BCUT2D eigenvalue weighted by Gasteiger charge is 2.34. The van der Waals surface area contributed by atoms with Gasteiger partial charge in [0, 0.05) is 12.1 Å². The van der Waals surface area contributed by atoms with Gasteiger partial charge in [0.25, 0.3) is 11.1 Å². The molecule has 0 aliphatic carbocycles. The topological polar surface area (TPSA) is 79.6 Å². The van der Waals surface area contributed by atoms with E-state index in [2.05, 4.69) is 6.07 Å². The zero-order valence-electron chi connectivity index (χ0n) is 17.9. The van der Waals surface area contributed by atoms with Gasteiger partial charge in [-0.2, -0.15) is 5.26 Å². The summed E-state index contributed by atoms with van der Waals surface area (Å²) in [5.74, 6) is 0.483. The van der Waals surface area contributed by atoms with Crippen LogP contribution in [0.15, 0.2) is 41.3 Å². The van der Waals surface area contributed by atoms with Crippen molar-refractivity contribution in [2.75, 3.05) is 13.2 Å². The van der Waals surface area contributed by atoms with Gasteiger partial charge in [0.05, 0.1) is 28.2 Å². The van der Waals surface area contributed by atoms with Crippen molar-refractivity contribution >= 4 is 40.6 Å². The van der Waals surface area contributed by atoms with Gasteiger partial charge >= 0.3 is 0 Å². The quantitative estimate of drug-likeness (QED) is 0.416. The molecule has 0 unspecified atom stereocenters. The lowest BCUT2D eigenvalue weighted by molar-refractivity contribution is -0.122. The summed E-state index contributed by atoms with van der Waals surface area (Å²) >= 11 is 7.41. The number of thioether (sulfide) groups is 1. The smallest absolute Gasteiger partial charge is 0.293 e. The molecule has 0 saturated carbocycles. The molecule has 2 amide bonds. The number of carbonyl (C=O) groups is 2. The number of imide groups is 1. The second-order valence-electron chi connectivity index (χ2n) is 7.01. The summed E-state index contributed by atoms with van der Waals surface area (Å²) in [6.07, 6.45) is 3.31. The Balaban J connectivity index is 1.86. The molecule has 0 bridgehead atoms. The normalized spacial score (nSPS) is 14.7. The maximum absolute atomic E-state index is 12.6. The van der Waals surface area contributed by atoms with Gasteiger partial charge < -0.3 is 9.47 Å². The highest BCUT2D eigenvalue weighted by molar-refractivity contribution is 8.18. The van der Waals surface area contributed by atoms with Gasteiger partial charge in [0.2, 0.25) is 0 Å². The molecule has 1 aliphatic rings. The van der Waals surface area contributed by atoms with E-state index in [1.54, 1.807) is 30.3 Å². The van der Waals surface area contributed by atoms with Gasteiger partial charge in [-0.05, 0) is 54.9 Å². The van der Waals surface area contributed by atoms with Gasteiger partial charge in [-0.1, -0.05) is 43.1 Å². The maximum Gasteiger partial charge on any atom is 0.293 e. The van der Waals surface area contributed by atoms with Crippen molar-refractivity contribution in [3.63, 3.8) is 0 Å². The molecule has 166 valence electrons. The Morgan fingerprint density at radius 2 is 1.97 bits per heavy atom. The highest BCUT2D eigenvalue weighted by atomic mass is 35.5. The standard InChI is InChI=1S/C24H23ClN2O4S/c1-3-5-10-27-23(28)21(32-24(27)29)13-16-11-19(25)22(20(12-16)30-4-2)31-15-18-9-7-6-8-17(18)14-26/h6-9,11-13H,3-5,10,15H2,1-2H3/b21-13-. The first-order valence-electron chi connectivity index (χ1n) is 10.3. The number of unbranched alkanes of at least 4 members (excludes halogenated alkanes) is 1. The molecule has 1 heterocycles. The number of ether oxygens (including phenoxy) is 2. The molecular formula is C24H23ClN2O4S. The van der Waals surface area contributed by atoms with Crippen molar-refractivity contribution in [2.45, 2.75) is 33.3 Å². The summed E-state index contributed by atoms with van der Waals surface area (Å²) in [5, 5.41) is 9.31. The van der Waals surface area contributed by atoms with Crippen LogP contribution < -0.4 is 9.47 Å². The fraction of sp³-hybridized carbons (Fsp3) is 0.292. The Bertz CT molecular complexity index is 1090. The number of nitriles is 1. The summed E-state index contributed by atoms with van der Waals surface area (Å²) in [5.41, 5.74) is 1.89. The summed E-state index contributed by atoms with van der Waals surface area (Å²) in [6.45, 7) is 4.81. The second kappa shape index (κ2) is 11.1. The molecule has 0 spiro atoms. The molecule has 6 nitrogen and oxygen atoms in total. The van der Waals surface area contributed by atoms with Crippen LogP contribution in [-0.4, -0.2) is 29.2 Å². The minimum atomic E-state index is -0.295. The van der Waals surface area contributed by atoms with Crippen LogP contribution in [-0.2, 0) is 11.4 Å². The average Bonchev–Trinajstić information content (AvgIpc) is 3.04. The van der Waals surface area contributed by atoms with E-state index in [0.717, 1.165) is 30.2 Å². The molecular weight excluding hydrogens is 448 g/mol. The summed E-state index contributed by atoms with van der Waals surface area (Å²) in [4.78, 5) is 26.4. The van der Waals surface area contributed by atoms with Crippen LogP contribution in [0.1, 0.15) is 43.4 Å². The molecule has 0 aromatic heterocycles. The minimum Gasteiger partial charge on any atom is -0.490 e. The number of hydrogen-bond acceptors (Lipinski definition) is 6. The maximum atomic E-state index is 12.6. The van der Waals surface area contributed by atoms with E-state index < -0.39 is 0 Å². The van der Waals surface area contributed by atoms with Crippen LogP contribution >= 0.6 is 23.4 Å². The van der Waals surface area contributed by atoms with Crippen molar-refractivity contribution in [3.8, 4) is 17.6 Å².